The standard InChI is InChI=1S/C15H22F2N2/c1-10-5-6-19(13(7-10)9-18)11(2)14-8-12(16)3-4-15(14)17/h3-4,8,10-11,13H,5-7,9,18H2,1-2H3. The zero-order valence-corrected chi connectivity index (χ0v) is 11.6. The predicted molar refractivity (Wildman–Crippen MR) is 72.7 cm³/mol. The second-order valence-electron chi connectivity index (χ2n) is 5.60. The lowest BCUT2D eigenvalue weighted by atomic mass is 9.90. The molecular weight excluding hydrogens is 246 g/mol. The molecule has 3 unspecified atom stereocenters. The molecule has 0 aliphatic carbocycles. The Hall–Kier alpha value is -1.00. The fourth-order valence-electron chi connectivity index (χ4n) is 3.02. The zero-order chi connectivity index (χ0) is 14.0. The Morgan fingerprint density at radius 1 is 1.42 bits per heavy atom. The van der Waals surface area contributed by atoms with E-state index in [2.05, 4.69) is 11.8 Å². The van der Waals surface area contributed by atoms with E-state index in [1.165, 1.54) is 12.1 Å². The molecule has 1 aliphatic rings. The summed E-state index contributed by atoms with van der Waals surface area (Å²) in [6.07, 6.45) is 2.11. The molecule has 4 heteroatoms. The minimum atomic E-state index is -0.391. The predicted octanol–water partition coefficient (Wildman–Crippen LogP) is 3.09. The summed E-state index contributed by atoms with van der Waals surface area (Å²) in [6, 6.07) is 3.76. The van der Waals surface area contributed by atoms with Gasteiger partial charge >= 0.3 is 0 Å². The molecule has 1 saturated heterocycles. The van der Waals surface area contributed by atoms with Gasteiger partial charge in [0.05, 0.1) is 0 Å². The maximum absolute atomic E-state index is 13.9. The third-order valence-electron chi connectivity index (χ3n) is 4.20. The molecule has 0 radical (unpaired) electrons. The van der Waals surface area contributed by atoms with Crippen LogP contribution >= 0.6 is 0 Å². The number of piperidine rings is 1. The molecule has 1 heterocycles. The highest BCUT2D eigenvalue weighted by molar-refractivity contribution is 5.22. The molecule has 2 nitrogen and oxygen atoms in total. The van der Waals surface area contributed by atoms with E-state index >= 15 is 0 Å². The highest BCUT2D eigenvalue weighted by Gasteiger charge is 2.30. The van der Waals surface area contributed by atoms with E-state index in [9.17, 15) is 8.78 Å². The molecule has 1 aliphatic heterocycles. The third kappa shape index (κ3) is 3.12. The Labute approximate surface area is 113 Å². The molecule has 0 saturated carbocycles. The van der Waals surface area contributed by atoms with E-state index in [1.807, 2.05) is 6.92 Å². The molecule has 0 bridgehead atoms. The van der Waals surface area contributed by atoms with Crippen LogP contribution in [-0.4, -0.2) is 24.0 Å². The number of nitrogens with zero attached hydrogens (tertiary/aromatic N) is 1. The average molecular weight is 268 g/mol. The normalized spacial score (nSPS) is 26.4. The van der Waals surface area contributed by atoms with E-state index in [-0.39, 0.29) is 17.9 Å². The van der Waals surface area contributed by atoms with E-state index in [0.717, 1.165) is 25.5 Å². The van der Waals surface area contributed by atoms with Gasteiger partial charge in [-0.3, -0.25) is 4.90 Å². The van der Waals surface area contributed by atoms with Crippen molar-refractivity contribution in [1.29, 1.82) is 0 Å². The maximum Gasteiger partial charge on any atom is 0.128 e. The summed E-state index contributed by atoms with van der Waals surface area (Å²) in [6.45, 7) is 5.59. The zero-order valence-electron chi connectivity index (χ0n) is 11.6. The van der Waals surface area contributed by atoms with Crippen molar-refractivity contribution >= 4 is 0 Å². The van der Waals surface area contributed by atoms with Crippen LogP contribution in [0.5, 0.6) is 0 Å². The summed E-state index contributed by atoms with van der Waals surface area (Å²) in [5, 5.41) is 0. The molecule has 1 aromatic rings. The summed E-state index contributed by atoms with van der Waals surface area (Å²) < 4.78 is 27.2. The Morgan fingerprint density at radius 3 is 2.84 bits per heavy atom. The van der Waals surface area contributed by atoms with Crippen LogP contribution in [0, 0.1) is 17.6 Å². The van der Waals surface area contributed by atoms with Crippen molar-refractivity contribution in [3.63, 3.8) is 0 Å². The molecule has 2 rings (SSSR count). The number of likely N-dealkylation sites (tertiary alicyclic amines) is 1. The Bertz CT molecular complexity index is 436. The Kier molecular flexibility index (Phi) is 4.53. The quantitative estimate of drug-likeness (QED) is 0.912. The highest BCUT2D eigenvalue weighted by atomic mass is 19.1. The van der Waals surface area contributed by atoms with E-state index in [0.29, 0.717) is 18.0 Å². The van der Waals surface area contributed by atoms with Gasteiger partial charge in [0.25, 0.3) is 0 Å². The first-order valence-corrected chi connectivity index (χ1v) is 6.93. The molecule has 0 spiro atoms. The van der Waals surface area contributed by atoms with Crippen molar-refractivity contribution in [1.82, 2.24) is 4.90 Å². The van der Waals surface area contributed by atoms with Crippen molar-refractivity contribution in [3.05, 3.63) is 35.4 Å². The summed E-state index contributed by atoms with van der Waals surface area (Å²) >= 11 is 0. The van der Waals surface area contributed by atoms with Gasteiger partial charge in [0.15, 0.2) is 0 Å². The number of benzene rings is 1. The monoisotopic (exact) mass is 268 g/mol. The second kappa shape index (κ2) is 5.97. The van der Waals surface area contributed by atoms with Crippen molar-refractivity contribution in [3.8, 4) is 0 Å². The minimum absolute atomic E-state index is 0.142. The first-order valence-electron chi connectivity index (χ1n) is 6.93. The lowest BCUT2D eigenvalue weighted by Gasteiger charge is -2.42. The Balaban J connectivity index is 2.22. The summed E-state index contributed by atoms with van der Waals surface area (Å²) in [5.41, 5.74) is 6.25. The van der Waals surface area contributed by atoms with Crippen molar-refractivity contribution in [2.45, 2.75) is 38.8 Å². The third-order valence-corrected chi connectivity index (χ3v) is 4.20. The molecular formula is C15H22F2N2. The summed E-state index contributed by atoms with van der Waals surface area (Å²) in [4.78, 5) is 2.21. The van der Waals surface area contributed by atoms with Gasteiger partial charge in [0.1, 0.15) is 11.6 Å². The van der Waals surface area contributed by atoms with Crippen molar-refractivity contribution in [2.24, 2.45) is 11.7 Å². The molecule has 19 heavy (non-hydrogen) atoms. The number of rotatable bonds is 3. The second-order valence-corrected chi connectivity index (χ2v) is 5.60. The van der Waals surface area contributed by atoms with Gasteiger partial charge in [-0.05, 0) is 50.4 Å². The molecule has 1 fully saturated rings. The van der Waals surface area contributed by atoms with Crippen LogP contribution in [0.1, 0.15) is 38.3 Å². The van der Waals surface area contributed by atoms with Gasteiger partial charge in [-0.2, -0.15) is 0 Å². The SMILES string of the molecule is CC1CCN(C(C)c2cc(F)ccc2F)C(CN)C1. The van der Waals surface area contributed by atoms with Crippen molar-refractivity contribution in [2.75, 3.05) is 13.1 Å². The first kappa shape index (κ1) is 14.4. The van der Waals surface area contributed by atoms with E-state index < -0.39 is 5.82 Å². The van der Waals surface area contributed by atoms with Gasteiger partial charge in [0.2, 0.25) is 0 Å². The van der Waals surface area contributed by atoms with Crippen LogP contribution in [0.4, 0.5) is 8.78 Å². The maximum atomic E-state index is 13.9. The minimum Gasteiger partial charge on any atom is -0.329 e. The molecule has 2 N–H and O–H groups in total. The molecule has 0 amide bonds. The molecule has 1 aromatic carbocycles. The lowest BCUT2D eigenvalue weighted by Crippen LogP contribution is -2.47. The van der Waals surface area contributed by atoms with Gasteiger partial charge in [-0.25, -0.2) is 8.78 Å². The molecule has 106 valence electrons. The Morgan fingerprint density at radius 2 is 2.16 bits per heavy atom. The fraction of sp³-hybridized carbons (Fsp3) is 0.600. The van der Waals surface area contributed by atoms with Gasteiger partial charge in [-0.15, -0.1) is 0 Å². The summed E-state index contributed by atoms with van der Waals surface area (Å²) in [5.74, 6) is -0.0874. The van der Waals surface area contributed by atoms with Gasteiger partial charge in [-0.1, -0.05) is 6.92 Å². The van der Waals surface area contributed by atoms with E-state index in [1.54, 1.807) is 0 Å². The molecule has 0 aromatic heterocycles. The van der Waals surface area contributed by atoms with Crippen LogP contribution < -0.4 is 5.73 Å². The topological polar surface area (TPSA) is 29.3 Å². The van der Waals surface area contributed by atoms with Crippen LogP contribution in [0.3, 0.4) is 0 Å². The summed E-state index contributed by atoms with van der Waals surface area (Å²) in [7, 11) is 0. The number of nitrogens with two attached hydrogens (primary N) is 1. The van der Waals surface area contributed by atoms with Crippen LogP contribution in [0.15, 0.2) is 18.2 Å². The number of hydrogen-bond acceptors (Lipinski definition) is 2. The largest absolute Gasteiger partial charge is 0.329 e. The number of halogens is 2. The van der Waals surface area contributed by atoms with Gasteiger partial charge in [0, 0.05) is 24.2 Å². The number of hydrogen-bond donors (Lipinski definition) is 1. The highest BCUT2D eigenvalue weighted by Crippen LogP contribution is 2.31. The lowest BCUT2D eigenvalue weighted by molar-refractivity contribution is 0.0817. The van der Waals surface area contributed by atoms with E-state index in [4.69, 9.17) is 5.73 Å². The molecule has 3 atom stereocenters. The fourth-order valence-corrected chi connectivity index (χ4v) is 3.02. The van der Waals surface area contributed by atoms with Crippen LogP contribution in [-0.2, 0) is 0 Å². The van der Waals surface area contributed by atoms with Crippen LogP contribution in [0.2, 0.25) is 0 Å². The van der Waals surface area contributed by atoms with Crippen LogP contribution in [0.25, 0.3) is 0 Å². The van der Waals surface area contributed by atoms with Crippen molar-refractivity contribution < 1.29 is 8.78 Å². The average Bonchev–Trinajstić information content (AvgIpc) is 2.40. The smallest absolute Gasteiger partial charge is 0.128 e. The first-order chi connectivity index (χ1) is 9.02. The van der Waals surface area contributed by atoms with Gasteiger partial charge < -0.3 is 5.73 Å².